The molecule has 0 radical (unpaired) electrons. The van der Waals surface area contributed by atoms with E-state index in [-0.39, 0.29) is 0 Å². The normalized spacial score (nSPS) is 29.1. The molecule has 3 nitrogen and oxygen atoms in total. The molecule has 3 aliphatic rings. The van der Waals surface area contributed by atoms with Gasteiger partial charge in [0.2, 0.25) is 0 Å². The minimum atomic E-state index is 0.411. The number of nitrogens with zero attached hydrogens (tertiary/aromatic N) is 2. The van der Waals surface area contributed by atoms with Gasteiger partial charge in [0.05, 0.1) is 5.69 Å². The second-order valence-corrected chi connectivity index (χ2v) is 7.45. The smallest absolute Gasteiger partial charge is 0.0573 e. The average Bonchev–Trinajstić information content (AvgIpc) is 3.23. The van der Waals surface area contributed by atoms with Crippen molar-refractivity contribution in [2.75, 3.05) is 13.1 Å². The van der Waals surface area contributed by atoms with Gasteiger partial charge < -0.3 is 5.32 Å². The van der Waals surface area contributed by atoms with Crippen LogP contribution in [0.1, 0.15) is 49.8 Å². The predicted octanol–water partition coefficient (Wildman–Crippen LogP) is 2.89. The highest BCUT2D eigenvalue weighted by Crippen LogP contribution is 2.41. The van der Waals surface area contributed by atoms with Crippen molar-refractivity contribution in [3.8, 4) is 0 Å². The summed E-state index contributed by atoms with van der Waals surface area (Å²) in [6.07, 6.45) is 10.3. The zero-order chi connectivity index (χ0) is 14.3. The van der Waals surface area contributed by atoms with Crippen molar-refractivity contribution in [3.63, 3.8) is 0 Å². The lowest BCUT2D eigenvalue weighted by molar-refractivity contribution is 0.0615. The van der Waals surface area contributed by atoms with Crippen LogP contribution >= 0.6 is 0 Å². The highest BCUT2D eigenvalue weighted by atomic mass is 15.3. The molecular formula is C18H27N3. The summed E-state index contributed by atoms with van der Waals surface area (Å²) in [6, 6.07) is 4.98. The Kier molecular flexibility index (Phi) is 3.50. The standard InChI is InChI=1S/C18H27N3/c1-14-5-4-10-19-16(14)12-21-13-18(8-2-3-9-18)20-11-17(21)15-6-7-15/h4-5,10,15,17,20H,2-3,6-9,11-13H2,1H3. The van der Waals surface area contributed by atoms with Gasteiger partial charge in [-0.25, -0.2) is 0 Å². The molecule has 1 saturated heterocycles. The van der Waals surface area contributed by atoms with Gasteiger partial charge in [-0.15, -0.1) is 0 Å². The molecular weight excluding hydrogens is 258 g/mol. The first-order chi connectivity index (χ1) is 10.3. The highest BCUT2D eigenvalue weighted by molar-refractivity contribution is 5.18. The van der Waals surface area contributed by atoms with Crippen molar-refractivity contribution in [3.05, 3.63) is 29.6 Å². The Morgan fingerprint density at radius 2 is 2.14 bits per heavy atom. The lowest BCUT2D eigenvalue weighted by Crippen LogP contribution is -2.63. The van der Waals surface area contributed by atoms with Crippen LogP contribution in [0.5, 0.6) is 0 Å². The minimum absolute atomic E-state index is 0.411. The molecule has 3 heteroatoms. The number of hydrogen-bond acceptors (Lipinski definition) is 3. The van der Waals surface area contributed by atoms with Gasteiger partial charge in [0.25, 0.3) is 0 Å². The molecule has 2 saturated carbocycles. The van der Waals surface area contributed by atoms with Crippen molar-refractivity contribution in [2.24, 2.45) is 5.92 Å². The van der Waals surface area contributed by atoms with E-state index in [9.17, 15) is 0 Å². The first-order valence-corrected chi connectivity index (χ1v) is 8.65. The molecule has 0 amide bonds. The third-order valence-electron chi connectivity index (χ3n) is 5.86. The van der Waals surface area contributed by atoms with E-state index in [0.29, 0.717) is 5.54 Å². The van der Waals surface area contributed by atoms with Gasteiger partial charge in [0.1, 0.15) is 0 Å². The quantitative estimate of drug-likeness (QED) is 0.925. The number of aromatic nitrogens is 1. The first kappa shape index (κ1) is 13.7. The van der Waals surface area contributed by atoms with Crippen molar-refractivity contribution in [1.29, 1.82) is 0 Å². The Balaban J connectivity index is 1.54. The third-order valence-corrected chi connectivity index (χ3v) is 5.86. The number of aryl methyl sites for hydroxylation is 1. The average molecular weight is 285 g/mol. The van der Waals surface area contributed by atoms with Gasteiger partial charge in [-0.2, -0.15) is 0 Å². The van der Waals surface area contributed by atoms with Crippen LogP contribution in [0.2, 0.25) is 0 Å². The Labute approximate surface area is 128 Å². The maximum absolute atomic E-state index is 4.64. The summed E-state index contributed by atoms with van der Waals surface area (Å²) < 4.78 is 0. The molecule has 1 N–H and O–H groups in total. The highest BCUT2D eigenvalue weighted by Gasteiger charge is 2.45. The second-order valence-electron chi connectivity index (χ2n) is 7.45. The fraction of sp³-hybridized carbons (Fsp3) is 0.722. The summed E-state index contributed by atoms with van der Waals surface area (Å²) in [5, 5.41) is 3.93. The Bertz CT molecular complexity index is 503. The van der Waals surface area contributed by atoms with E-state index in [4.69, 9.17) is 0 Å². The summed E-state index contributed by atoms with van der Waals surface area (Å²) >= 11 is 0. The Morgan fingerprint density at radius 3 is 2.86 bits per heavy atom. The molecule has 0 aromatic carbocycles. The molecule has 2 heterocycles. The molecule has 1 spiro atoms. The van der Waals surface area contributed by atoms with E-state index < -0.39 is 0 Å². The molecule has 0 bridgehead atoms. The van der Waals surface area contributed by atoms with Crippen LogP contribution in [0.3, 0.4) is 0 Å². The first-order valence-electron chi connectivity index (χ1n) is 8.65. The fourth-order valence-corrected chi connectivity index (χ4v) is 4.39. The number of piperazine rings is 1. The zero-order valence-electron chi connectivity index (χ0n) is 13.1. The van der Waals surface area contributed by atoms with Crippen LogP contribution in [0.25, 0.3) is 0 Å². The molecule has 4 rings (SSSR count). The van der Waals surface area contributed by atoms with Crippen molar-refractivity contribution < 1.29 is 0 Å². The molecule has 114 valence electrons. The topological polar surface area (TPSA) is 28.2 Å². The van der Waals surface area contributed by atoms with Gasteiger partial charge in [-0.3, -0.25) is 9.88 Å². The predicted molar refractivity (Wildman–Crippen MR) is 85.1 cm³/mol. The van der Waals surface area contributed by atoms with Crippen LogP contribution in [0.4, 0.5) is 0 Å². The molecule has 2 aliphatic carbocycles. The molecule has 1 atom stereocenters. The molecule has 1 unspecified atom stereocenters. The molecule has 1 aromatic heterocycles. The van der Waals surface area contributed by atoms with Gasteiger partial charge >= 0.3 is 0 Å². The number of pyridine rings is 1. The molecule has 3 fully saturated rings. The Hall–Kier alpha value is -0.930. The molecule has 1 aliphatic heterocycles. The summed E-state index contributed by atoms with van der Waals surface area (Å²) in [5.41, 5.74) is 3.03. The Morgan fingerprint density at radius 1 is 1.33 bits per heavy atom. The molecule has 1 aromatic rings. The lowest BCUT2D eigenvalue weighted by atomic mass is 9.91. The van der Waals surface area contributed by atoms with Gasteiger partial charge in [-0.1, -0.05) is 18.9 Å². The van der Waals surface area contributed by atoms with Crippen LogP contribution in [0, 0.1) is 12.8 Å². The maximum atomic E-state index is 4.64. The van der Waals surface area contributed by atoms with Crippen LogP contribution in [0.15, 0.2) is 18.3 Å². The SMILES string of the molecule is Cc1cccnc1CN1CC2(CCCC2)NCC1C1CC1. The van der Waals surface area contributed by atoms with Crippen molar-refractivity contribution in [2.45, 2.75) is 63.6 Å². The lowest BCUT2D eigenvalue weighted by Gasteiger charge is -2.46. The van der Waals surface area contributed by atoms with Gasteiger partial charge in [0.15, 0.2) is 0 Å². The number of nitrogens with one attached hydrogen (secondary N) is 1. The summed E-state index contributed by atoms with van der Waals surface area (Å²) in [5.74, 6) is 0.931. The van der Waals surface area contributed by atoms with Crippen LogP contribution in [-0.4, -0.2) is 34.6 Å². The largest absolute Gasteiger partial charge is 0.308 e. The van der Waals surface area contributed by atoms with E-state index in [2.05, 4.69) is 28.2 Å². The third kappa shape index (κ3) is 2.74. The van der Waals surface area contributed by atoms with E-state index >= 15 is 0 Å². The van der Waals surface area contributed by atoms with E-state index in [1.54, 1.807) is 0 Å². The maximum Gasteiger partial charge on any atom is 0.0573 e. The van der Waals surface area contributed by atoms with E-state index in [1.165, 1.54) is 62.9 Å². The van der Waals surface area contributed by atoms with E-state index in [0.717, 1.165) is 18.5 Å². The summed E-state index contributed by atoms with van der Waals surface area (Å²) in [6.45, 7) is 5.65. The van der Waals surface area contributed by atoms with Crippen LogP contribution in [-0.2, 0) is 6.54 Å². The van der Waals surface area contributed by atoms with Crippen molar-refractivity contribution >= 4 is 0 Å². The minimum Gasteiger partial charge on any atom is -0.308 e. The summed E-state index contributed by atoms with van der Waals surface area (Å²) in [4.78, 5) is 7.40. The van der Waals surface area contributed by atoms with Gasteiger partial charge in [0, 0.05) is 37.4 Å². The number of hydrogen-bond donors (Lipinski definition) is 1. The number of rotatable bonds is 3. The zero-order valence-corrected chi connectivity index (χ0v) is 13.1. The monoisotopic (exact) mass is 285 g/mol. The fourth-order valence-electron chi connectivity index (χ4n) is 4.39. The second kappa shape index (κ2) is 5.36. The van der Waals surface area contributed by atoms with Crippen LogP contribution < -0.4 is 5.32 Å². The summed E-state index contributed by atoms with van der Waals surface area (Å²) in [7, 11) is 0. The van der Waals surface area contributed by atoms with Crippen molar-refractivity contribution in [1.82, 2.24) is 15.2 Å². The van der Waals surface area contributed by atoms with E-state index in [1.807, 2.05) is 12.3 Å². The molecule has 21 heavy (non-hydrogen) atoms. The van der Waals surface area contributed by atoms with Gasteiger partial charge in [-0.05, 0) is 50.2 Å².